The molecule has 0 saturated heterocycles. The molecule has 3 heterocycles. The van der Waals surface area contributed by atoms with Gasteiger partial charge in [0.15, 0.2) is 0 Å². The molecule has 2 aromatic heterocycles. The van der Waals surface area contributed by atoms with Crippen LogP contribution in [0.5, 0.6) is 0 Å². The van der Waals surface area contributed by atoms with E-state index in [-0.39, 0.29) is 20.1 Å². The number of hydrogen-bond donors (Lipinski definition) is 0. The second kappa shape index (κ2) is 12.6. The van der Waals surface area contributed by atoms with Gasteiger partial charge in [0, 0.05) is 10.3 Å². The quantitative estimate of drug-likeness (QED) is 0.109. The molecule has 0 fully saturated rings. The summed E-state index contributed by atoms with van der Waals surface area (Å²) in [5, 5.41) is 4.50. The van der Waals surface area contributed by atoms with Gasteiger partial charge in [-0.05, 0) is 17.7 Å². The number of benzene rings is 3. The number of anilines is 1. The Bertz CT molecular complexity index is 2070. The molecular weight excluding hydrogens is 665 g/mol. The first-order valence-corrected chi connectivity index (χ1v) is 18.8. The molecule has 0 spiro atoms. The second-order valence-electron chi connectivity index (χ2n) is 9.89. The van der Waals surface area contributed by atoms with Gasteiger partial charge in [-0.2, -0.15) is 0 Å². The van der Waals surface area contributed by atoms with Crippen LogP contribution in [0.25, 0.3) is 32.7 Å². The molecule has 3 aromatic carbocycles. The van der Waals surface area contributed by atoms with E-state index < -0.39 is 0 Å². The van der Waals surface area contributed by atoms with E-state index >= 15 is 0 Å². The number of hydrogen-bond acceptors (Lipinski definition) is 5. The van der Waals surface area contributed by atoms with Crippen molar-refractivity contribution in [3.8, 4) is 0 Å². The van der Waals surface area contributed by atoms with Gasteiger partial charge in [0.25, 0.3) is 0 Å². The molecule has 0 bridgehead atoms. The molecule has 0 aliphatic carbocycles. The van der Waals surface area contributed by atoms with Crippen molar-refractivity contribution in [2.24, 2.45) is 0 Å². The van der Waals surface area contributed by atoms with Crippen LogP contribution in [0.15, 0.2) is 86.4 Å². The summed E-state index contributed by atoms with van der Waals surface area (Å²) in [7, 11) is 2.13. The van der Waals surface area contributed by atoms with E-state index in [0.717, 1.165) is 27.2 Å². The zero-order valence-corrected chi connectivity index (χ0v) is 28.8. The number of thiazole rings is 1. The van der Waals surface area contributed by atoms with Crippen molar-refractivity contribution in [1.82, 2.24) is 4.57 Å². The summed E-state index contributed by atoms with van der Waals surface area (Å²) in [5.41, 5.74) is 2.53. The number of halogens is 1. The Labute approximate surface area is 269 Å². The van der Waals surface area contributed by atoms with Crippen molar-refractivity contribution in [1.29, 1.82) is 0 Å². The Morgan fingerprint density at radius 1 is 1.07 bits per heavy atom. The Kier molecular flexibility index (Phi) is 8.92. The van der Waals surface area contributed by atoms with Crippen LogP contribution in [0.3, 0.4) is 0 Å². The standard InChI is InChI=1S/C33H31ClN3OS3Se/c1-5-17-37-24-18-21(34)15-16-28(24)42-31(37)20-30-36(6-2)33(38)25(40-30)13-9-10-14-29-35(3)32-23-12-8-7-11-22(23)26(39-4)19-27(32)41-29/h7-16,18-20H,5-6,17H2,1-4H3/q+1/b10-9+,25-13+,29-14-. The van der Waals surface area contributed by atoms with Gasteiger partial charge >= 0.3 is 207 Å². The Morgan fingerprint density at radius 3 is 2.62 bits per heavy atom. The minimum atomic E-state index is 0.0654. The Morgan fingerprint density at radius 2 is 1.86 bits per heavy atom. The van der Waals surface area contributed by atoms with Crippen LogP contribution >= 0.6 is 46.5 Å². The maximum absolute atomic E-state index is 13.3. The van der Waals surface area contributed by atoms with E-state index in [1.165, 1.54) is 45.6 Å². The van der Waals surface area contributed by atoms with Gasteiger partial charge < -0.3 is 0 Å². The third kappa shape index (κ3) is 5.49. The van der Waals surface area contributed by atoms with Crippen LogP contribution in [0.1, 0.15) is 24.8 Å². The molecule has 0 amide bonds. The predicted molar refractivity (Wildman–Crippen MR) is 185 cm³/mol. The van der Waals surface area contributed by atoms with E-state index in [2.05, 4.69) is 84.3 Å². The molecule has 5 aromatic rings. The number of nitrogens with zero attached hydrogens (tertiary/aromatic N) is 3. The first kappa shape index (κ1) is 29.6. The molecule has 0 N–H and O–H groups in total. The average molecular weight is 696 g/mol. The van der Waals surface area contributed by atoms with Crippen LogP contribution in [0.4, 0.5) is 5.69 Å². The van der Waals surface area contributed by atoms with Gasteiger partial charge in [-0.25, -0.2) is 0 Å². The normalized spacial score (nSPS) is 15.4. The van der Waals surface area contributed by atoms with Gasteiger partial charge in [-0.3, -0.25) is 0 Å². The zero-order valence-electron chi connectivity index (χ0n) is 23.9. The van der Waals surface area contributed by atoms with Crippen LogP contribution in [-0.4, -0.2) is 32.4 Å². The molecule has 1 aliphatic rings. The molecular formula is C33H31ClN3OS3Se+. The first-order chi connectivity index (χ1) is 20.4. The summed E-state index contributed by atoms with van der Waals surface area (Å²) >= 11 is 11.7. The van der Waals surface area contributed by atoms with Crippen molar-refractivity contribution in [2.75, 3.05) is 18.2 Å². The fourth-order valence-corrected chi connectivity index (χ4v) is 10.9. The SMILES string of the molecule is CCC[n+]1c(C=c2s/c(=C/C=C/C=C3\Sc4cc(SC)c5ccccc5c4N3C)c(=O)n2CC)[se]c2ccc(Cl)cc21. The van der Waals surface area contributed by atoms with Crippen LogP contribution in [-0.2, 0) is 13.1 Å². The predicted octanol–water partition coefficient (Wildman–Crippen LogP) is 6.61. The van der Waals surface area contributed by atoms with E-state index in [0.29, 0.717) is 6.54 Å². The van der Waals surface area contributed by atoms with Crippen LogP contribution < -0.4 is 24.2 Å². The molecule has 42 heavy (non-hydrogen) atoms. The third-order valence-corrected chi connectivity index (χ3v) is 12.9. The minimum absolute atomic E-state index is 0.0654. The van der Waals surface area contributed by atoms with E-state index in [1.807, 2.05) is 35.8 Å². The number of rotatable bonds is 7. The molecule has 6 rings (SSSR count). The molecule has 214 valence electrons. The summed E-state index contributed by atoms with van der Waals surface area (Å²) in [4.78, 5) is 18.2. The molecule has 0 saturated carbocycles. The molecule has 9 heteroatoms. The average Bonchev–Trinajstić information content (AvgIpc) is 3.60. The summed E-state index contributed by atoms with van der Waals surface area (Å²) in [5.74, 6) is 0. The third-order valence-electron chi connectivity index (χ3n) is 7.28. The first-order valence-electron chi connectivity index (χ1n) is 13.9. The van der Waals surface area contributed by atoms with E-state index in [4.69, 9.17) is 11.6 Å². The number of allylic oxidation sites excluding steroid dienone is 3. The topological polar surface area (TPSA) is 29.1 Å². The van der Waals surface area contributed by atoms with Gasteiger partial charge in [0.05, 0.1) is 0 Å². The number of aromatic nitrogens is 2. The van der Waals surface area contributed by atoms with Crippen LogP contribution in [0, 0.1) is 0 Å². The van der Waals surface area contributed by atoms with Gasteiger partial charge in [-0.15, -0.1) is 11.8 Å². The zero-order chi connectivity index (χ0) is 29.4. The van der Waals surface area contributed by atoms with Gasteiger partial charge in [-0.1, -0.05) is 24.3 Å². The van der Waals surface area contributed by atoms with E-state index in [1.54, 1.807) is 34.9 Å². The van der Waals surface area contributed by atoms with Crippen molar-refractivity contribution in [2.45, 2.75) is 43.1 Å². The van der Waals surface area contributed by atoms with Crippen molar-refractivity contribution < 1.29 is 4.57 Å². The molecule has 1 aliphatic heterocycles. The number of thioether (sulfide) groups is 2. The molecule has 0 atom stereocenters. The molecule has 4 nitrogen and oxygen atoms in total. The van der Waals surface area contributed by atoms with Crippen LogP contribution in [0.2, 0.25) is 5.02 Å². The van der Waals surface area contributed by atoms with E-state index in [9.17, 15) is 4.79 Å². The number of aryl methyl sites for hydroxylation is 1. The summed E-state index contributed by atoms with van der Waals surface area (Å²) in [6.07, 6.45) is 13.5. The summed E-state index contributed by atoms with van der Waals surface area (Å²) in [6.45, 7) is 5.81. The van der Waals surface area contributed by atoms with Gasteiger partial charge in [0.2, 0.25) is 0 Å². The monoisotopic (exact) mass is 696 g/mol. The van der Waals surface area contributed by atoms with Crippen molar-refractivity contribution >= 4 is 99.4 Å². The molecule has 0 unspecified atom stereocenters. The summed E-state index contributed by atoms with van der Waals surface area (Å²) < 4.78 is 8.62. The number of fused-ring (bicyclic) bond motifs is 4. The second-order valence-corrected chi connectivity index (χ2v) is 15.5. The maximum atomic E-state index is 13.3. The van der Waals surface area contributed by atoms with Gasteiger partial charge in [0.1, 0.15) is 0 Å². The fourth-order valence-electron chi connectivity index (χ4n) is 5.31. The molecule has 0 radical (unpaired) electrons. The van der Waals surface area contributed by atoms with Crippen molar-refractivity contribution in [3.63, 3.8) is 0 Å². The summed E-state index contributed by atoms with van der Waals surface area (Å²) in [6, 6.07) is 17.1. The Balaban J connectivity index is 1.33. The van der Waals surface area contributed by atoms with Crippen molar-refractivity contribution in [3.05, 3.63) is 101 Å². The fraction of sp³-hybridized carbons (Fsp3) is 0.212. The Hall–Kier alpha value is -2.45.